The third-order valence-electron chi connectivity index (χ3n) is 2.62. The van der Waals surface area contributed by atoms with Crippen LogP contribution in [0, 0.1) is 23.3 Å². The normalized spacial score (nSPS) is 10.7. The van der Waals surface area contributed by atoms with Crippen LogP contribution in [0.5, 0.6) is 0 Å². The van der Waals surface area contributed by atoms with Gasteiger partial charge in [0.05, 0.1) is 5.56 Å². The molecule has 20 heavy (non-hydrogen) atoms. The minimum atomic E-state index is -1.70. The van der Waals surface area contributed by atoms with Gasteiger partial charge in [-0.05, 0) is 35.9 Å². The summed E-state index contributed by atoms with van der Waals surface area (Å²) < 4.78 is 52.9. The summed E-state index contributed by atoms with van der Waals surface area (Å²) in [6.07, 6.45) is -0.321. The molecule has 0 aliphatic carbocycles. The Morgan fingerprint density at radius 3 is 2.35 bits per heavy atom. The predicted octanol–water partition coefficient (Wildman–Crippen LogP) is 4.43. The molecule has 0 saturated heterocycles. The molecule has 0 unspecified atom stereocenters. The Labute approximate surface area is 120 Å². The van der Waals surface area contributed by atoms with Crippen molar-refractivity contribution in [3.63, 3.8) is 0 Å². The highest BCUT2D eigenvalue weighted by Gasteiger charge is 2.19. The van der Waals surface area contributed by atoms with Gasteiger partial charge in [0.1, 0.15) is 5.82 Å². The first-order valence-electron chi connectivity index (χ1n) is 5.50. The predicted molar refractivity (Wildman–Crippen MR) is 68.5 cm³/mol. The van der Waals surface area contributed by atoms with E-state index in [0.29, 0.717) is 16.1 Å². The molecule has 0 amide bonds. The fraction of sp³-hybridized carbons (Fsp3) is 0.0714. The first kappa shape index (κ1) is 14.7. The molecule has 0 radical (unpaired) electrons. The summed E-state index contributed by atoms with van der Waals surface area (Å²) in [5.41, 5.74) is -0.268. The highest BCUT2D eigenvalue weighted by molar-refractivity contribution is 9.10. The molecule has 2 aromatic carbocycles. The van der Waals surface area contributed by atoms with E-state index in [1.165, 1.54) is 12.1 Å². The first-order valence-corrected chi connectivity index (χ1v) is 6.29. The lowest BCUT2D eigenvalue weighted by Gasteiger charge is -2.05. The second-order valence-electron chi connectivity index (χ2n) is 4.10. The number of Topliss-reactive ketones (excluding diaryl/α,β-unsaturated/α-hetero) is 1. The van der Waals surface area contributed by atoms with E-state index < -0.39 is 34.6 Å². The van der Waals surface area contributed by atoms with Crippen LogP contribution in [0.3, 0.4) is 0 Å². The maximum Gasteiger partial charge on any atom is 0.195 e. The van der Waals surface area contributed by atoms with E-state index in [1.807, 2.05) is 0 Å². The van der Waals surface area contributed by atoms with Gasteiger partial charge in [0.2, 0.25) is 0 Å². The molecule has 0 aromatic heterocycles. The average molecular weight is 347 g/mol. The number of hydrogen-bond acceptors (Lipinski definition) is 1. The van der Waals surface area contributed by atoms with Gasteiger partial charge in [-0.3, -0.25) is 4.79 Å². The van der Waals surface area contributed by atoms with Gasteiger partial charge in [-0.25, -0.2) is 17.6 Å². The molecular formula is C14H7BrF4O. The number of halogens is 5. The van der Waals surface area contributed by atoms with Crippen LogP contribution in [0.1, 0.15) is 15.9 Å². The quantitative estimate of drug-likeness (QED) is 0.456. The zero-order chi connectivity index (χ0) is 14.9. The Morgan fingerprint density at radius 1 is 1.00 bits per heavy atom. The van der Waals surface area contributed by atoms with E-state index in [0.717, 1.165) is 12.1 Å². The second-order valence-corrected chi connectivity index (χ2v) is 5.02. The van der Waals surface area contributed by atoms with Crippen molar-refractivity contribution < 1.29 is 22.4 Å². The SMILES string of the molecule is O=C(Cc1cc(F)cc(Br)c1)c1ccc(F)c(F)c1F. The molecule has 6 heteroatoms. The number of carbonyl (C=O) groups is 1. The van der Waals surface area contributed by atoms with Crippen LogP contribution in [0.4, 0.5) is 17.6 Å². The van der Waals surface area contributed by atoms with Crippen LogP contribution < -0.4 is 0 Å². The van der Waals surface area contributed by atoms with Crippen molar-refractivity contribution >= 4 is 21.7 Å². The van der Waals surface area contributed by atoms with E-state index in [1.54, 1.807) is 0 Å². The topological polar surface area (TPSA) is 17.1 Å². The molecular weight excluding hydrogens is 340 g/mol. The monoisotopic (exact) mass is 346 g/mol. The van der Waals surface area contributed by atoms with E-state index in [2.05, 4.69) is 15.9 Å². The largest absolute Gasteiger partial charge is 0.294 e. The fourth-order valence-corrected chi connectivity index (χ4v) is 2.25. The van der Waals surface area contributed by atoms with E-state index >= 15 is 0 Å². The lowest BCUT2D eigenvalue weighted by molar-refractivity contribution is 0.0988. The Kier molecular flexibility index (Phi) is 4.23. The van der Waals surface area contributed by atoms with Crippen molar-refractivity contribution in [3.05, 3.63) is 69.2 Å². The number of benzene rings is 2. The summed E-state index contributed by atoms with van der Waals surface area (Å²) >= 11 is 3.06. The van der Waals surface area contributed by atoms with Crippen LogP contribution >= 0.6 is 15.9 Å². The minimum Gasteiger partial charge on any atom is -0.294 e. The van der Waals surface area contributed by atoms with Crippen LogP contribution in [-0.4, -0.2) is 5.78 Å². The maximum atomic E-state index is 13.5. The van der Waals surface area contributed by atoms with Gasteiger partial charge < -0.3 is 0 Å². The van der Waals surface area contributed by atoms with Gasteiger partial charge in [-0.2, -0.15) is 0 Å². The number of carbonyl (C=O) groups excluding carboxylic acids is 1. The summed E-state index contributed by atoms with van der Waals surface area (Å²) in [5.74, 6) is -5.93. The Hall–Kier alpha value is -1.69. The molecule has 104 valence electrons. The summed E-state index contributed by atoms with van der Waals surface area (Å²) in [7, 11) is 0. The summed E-state index contributed by atoms with van der Waals surface area (Å²) in [6, 6.07) is 5.34. The lowest BCUT2D eigenvalue weighted by atomic mass is 10.0. The Bertz CT molecular complexity index is 665. The van der Waals surface area contributed by atoms with E-state index in [-0.39, 0.29) is 6.42 Å². The molecule has 0 N–H and O–H groups in total. The van der Waals surface area contributed by atoms with Crippen molar-refractivity contribution in [3.8, 4) is 0 Å². The first-order chi connectivity index (χ1) is 9.38. The van der Waals surface area contributed by atoms with Gasteiger partial charge in [-0.1, -0.05) is 15.9 Å². The van der Waals surface area contributed by atoms with Gasteiger partial charge in [0.25, 0.3) is 0 Å². The highest BCUT2D eigenvalue weighted by atomic mass is 79.9. The third kappa shape index (κ3) is 3.07. The molecule has 2 rings (SSSR count). The molecule has 2 aromatic rings. The number of rotatable bonds is 3. The third-order valence-corrected chi connectivity index (χ3v) is 3.08. The molecule has 1 nitrogen and oxygen atoms in total. The molecule has 0 aliphatic heterocycles. The zero-order valence-corrected chi connectivity index (χ0v) is 11.5. The molecule has 0 heterocycles. The fourth-order valence-electron chi connectivity index (χ4n) is 1.73. The molecule has 0 spiro atoms. The van der Waals surface area contributed by atoms with Gasteiger partial charge >= 0.3 is 0 Å². The maximum absolute atomic E-state index is 13.5. The van der Waals surface area contributed by atoms with Crippen molar-refractivity contribution in [2.24, 2.45) is 0 Å². The minimum absolute atomic E-state index is 0.297. The molecule has 0 aliphatic rings. The molecule has 0 saturated carbocycles. The smallest absolute Gasteiger partial charge is 0.195 e. The lowest BCUT2D eigenvalue weighted by Crippen LogP contribution is -2.09. The summed E-state index contributed by atoms with van der Waals surface area (Å²) in [4.78, 5) is 11.9. The molecule has 0 atom stereocenters. The van der Waals surface area contributed by atoms with Crippen LogP contribution in [0.15, 0.2) is 34.8 Å². The van der Waals surface area contributed by atoms with Gasteiger partial charge in [0, 0.05) is 10.9 Å². The summed E-state index contributed by atoms with van der Waals surface area (Å²) in [6.45, 7) is 0. The Balaban J connectivity index is 2.31. The molecule has 0 fully saturated rings. The number of ketones is 1. The van der Waals surface area contributed by atoms with Crippen molar-refractivity contribution in [1.82, 2.24) is 0 Å². The highest BCUT2D eigenvalue weighted by Crippen LogP contribution is 2.19. The van der Waals surface area contributed by atoms with Crippen molar-refractivity contribution in [1.29, 1.82) is 0 Å². The van der Waals surface area contributed by atoms with E-state index in [4.69, 9.17) is 0 Å². The second kappa shape index (κ2) is 5.75. The van der Waals surface area contributed by atoms with Crippen molar-refractivity contribution in [2.45, 2.75) is 6.42 Å². The zero-order valence-electron chi connectivity index (χ0n) is 9.89. The van der Waals surface area contributed by atoms with Crippen molar-refractivity contribution in [2.75, 3.05) is 0 Å². The Morgan fingerprint density at radius 2 is 1.70 bits per heavy atom. The van der Waals surface area contributed by atoms with Crippen LogP contribution in [-0.2, 0) is 6.42 Å². The van der Waals surface area contributed by atoms with Gasteiger partial charge in [-0.15, -0.1) is 0 Å². The standard InChI is InChI=1S/C14H7BrF4O/c15-8-3-7(4-9(16)6-8)5-12(20)10-1-2-11(17)14(19)13(10)18/h1-4,6H,5H2. The van der Waals surface area contributed by atoms with E-state index in [9.17, 15) is 22.4 Å². The summed E-state index contributed by atoms with van der Waals surface area (Å²) in [5, 5.41) is 0. The van der Waals surface area contributed by atoms with Crippen LogP contribution in [0.2, 0.25) is 0 Å². The van der Waals surface area contributed by atoms with Gasteiger partial charge in [0.15, 0.2) is 23.2 Å². The number of hydrogen-bond donors (Lipinski definition) is 0. The average Bonchev–Trinajstić information content (AvgIpc) is 2.34. The van der Waals surface area contributed by atoms with Crippen LogP contribution in [0.25, 0.3) is 0 Å². The molecule has 0 bridgehead atoms.